The third kappa shape index (κ3) is 3.66. The Bertz CT molecular complexity index is 1050. The van der Waals surface area contributed by atoms with E-state index in [4.69, 9.17) is 0 Å². The van der Waals surface area contributed by atoms with Gasteiger partial charge in [0.05, 0.1) is 6.04 Å². The molecule has 0 aliphatic carbocycles. The first-order valence-electron chi connectivity index (χ1n) is 10.9. The molecule has 0 bridgehead atoms. The monoisotopic (exact) mass is 410 g/mol. The molecule has 4 rings (SSSR count). The molecule has 2 atom stereocenters. The third-order valence-corrected chi connectivity index (χ3v) is 6.22. The van der Waals surface area contributed by atoms with Crippen LogP contribution in [0.2, 0.25) is 0 Å². The van der Waals surface area contributed by atoms with Gasteiger partial charge in [0.15, 0.2) is 0 Å². The minimum absolute atomic E-state index is 0.000848. The Hall–Kier alpha value is -2.20. The van der Waals surface area contributed by atoms with E-state index in [-0.39, 0.29) is 22.9 Å². The molecule has 0 radical (unpaired) electrons. The summed E-state index contributed by atoms with van der Waals surface area (Å²) in [6, 6.07) is 10.9. The van der Waals surface area contributed by atoms with Gasteiger partial charge in [-0.25, -0.2) is 8.78 Å². The summed E-state index contributed by atoms with van der Waals surface area (Å²) in [5, 5.41) is 1.15. The zero-order valence-corrected chi connectivity index (χ0v) is 18.8. The summed E-state index contributed by atoms with van der Waals surface area (Å²) in [6.45, 7) is 13.3. The van der Waals surface area contributed by atoms with Gasteiger partial charge >= 0.3 is 0 Å². The average Bonchev–Trinajstić information content (AvgIpc) is 3.00. The Morgan fingerprint density at radius 3 is 2.33 bits per heavy atom. The molecule has 0 fully saturated rings. The molecule has 0 saturated heterocycles. The number of hydrogen-bond acceptors (Lipinski definition) is 1. The molecule has 160 valence electrons. The normalized spacial score (nSPS) is 20.2. The van der Waals surface area contributed by atoms with Gasteiger partial charge in [-0.3, -0.25) is 4.90 Å². The maximum Gasteiger partial charge on any atom is 0.131 e. The minimum atomic E-state index is -0.475. The van der Waals surface area contributed by atoms with Crippen molar-refractivity contribution in [1.82, 2.24) is 9.88 Å². The molecule has 0 amide bonds. The summed E-state index contributed by atoms with van der Waals surface area (Å²) in [6.07, 6.45) is 0.860. The Morgan fingerprint density at radius 1 is 1.10 bits per heavy atom. The van der Waals surface area contributed by atoms with E-state index in [1.807, 2.05) is 32.0 Å². The van der Waals surface area contributed by atoms with Crippen LogP contribution in [0.25, 0.3) is 10.9 Å². The van der Waals surface area contributed by atoms with Crippen LogP contribution in [-0.2, 0) is 6.42 Å². The summed E-state index contributed by atoms with van der Waals surface area (Å²) in [5.41, 5.74) is 3.98. The van der Waals surface area contributed by atoms with Crippen molar-refractivity contribution in [3.63, 3.8) is 0 Å². The quantitative estimate of drug-likeness (QED) is 0.495. The number of nitrogens with one attached hydrogen (secondary N) is 1. The molecule has 1 N–H and O–H groups in total. The highest BCUT2D eigenvalue weighted by Gasteiger charge is 2.40. The van der Waals surface area contributed by atoms with Crippen molar-refractivity contribution >= 4 is 10.9 Å². The van der Waals surface area contributed by atoms with Gasteiger partial charge in [0.25, 0.3) is 0 Å². The fourth-order valence-electron chi connectivity index (χ4n) is 4.81. The van der Waals surface area contributed by atoms with Crippen molar-refractivity contribution in [3.05, 3.63) is 70.4 Å². The summed E-state index contributed by atoms with van der Waals surface area (Å²) >= 11 is 0. The Morgan fingerprint density at radius 2 is 1.73 bits per heavy atom. The molecule has 1 aliphatic rings. The van der Waals surface area contributed by atoms with Gasteiger partial charge in [-0.15, -0.1) is 0 Å². The predicted molar refractivity (Wildman–Crippen MR) is 120 cm³/mol. The summed E-state index contributed by atoms with van der Waals surface area (Å²) in [5.74, 6) is -0.842. The highest BCUT2D eigenvalue weighted by atomic mass is 19.1. The topological polar surface area (TPSA) is 19.0 Å². The smallest absolute Gasteiger partial charge is 0.131 e. The molecule has 2 heterocycles. The van der Waals surface area contributed by atoms with Crippen molar-refractivity contribution in [2.45, 2.75) is 66.0 Å². The van der Waals surface area contributed by atoms with Crippen LogP contribution in [0.4, 0.5) is 8.78 Å². The van der Waals surface area contributed by atoms with Crippen molar-refractivity contribution in [3.8, 4) is 0 Å². The molecule has 1 aliphatic heterocycles. The second-order valence-corrected chi connectivity index (χ2v) is 10.3. The lowest BCUT2D eigenvalue weighted by Crippen LogP contribution is -2.46. The van der Waals surface area contributed by atoms with E-state index in [1.165, 1.54) is 17.7 Å². The van der Waals surface area contributed by atoms with Crippen LogP contribution < -0.4 is 0 Å². The zero-order valence-electron chi connectivity index (χ0n) is 18.8. The number of benzene rings is 2. The van der Waals surface area contributed by atoms with Crippen molar-refractivity contribution < 1.29 is 8.78 Å². The van der Waals surface area contributed by atoms with Gasteiger partial charge in [-0.1, -0.05) is 52.8 Å². The van der Waals surface area contributed by atoms with Crippen LogP contribution >= 0.6 is 0 Å². The first-order chi connectivity index (χ1) is 14.1. The maximum atomic E-state index is 15.5. The highest BCUT2D eigenvalue weighted by molar-refractivity contribution is 5.85. The minimum Gasteiger partial charge on any atom is -0.357 e. The van der Waals surface area contributed by atoms with E-state index >= 15 is 8.78 Å². The molecule has 0 spiro atoms. The maximum absolute atomic E-state index is 15.5. The second-order valence-electron chi connectivity index (χ2n) is 10.3. The number of aromatic nitrogens is 1. The number of hydrogen-bond donors (Lipinski definition) is 1. The fourth-order valence-corrected chi connectivity index (χ4v) is 4.81. The largest absolute Gasteiger partial charge is 0.357 e. The lowest BCUT2D eigenvalue weighted by Gasteiger charge is -2.44. The van der Waals surface area contributed by atoms with Crippen LogP contribution in [0.3, 0.4) is 0 Å². The Balaban J connectivity index is 1.96. The van der Waals surface area contributed by atoms with E-state index in [0.717, 1.165) is 29.6 Å². The molecular weight excluding hydrogens is 378 g/mol. The molecule has 30 heavy (non-hydrogen) atoms. The Kier molecular flexibility index (Phi) is 5.26. The van der Waals surface area contributed by atoms with Gasteiger partial charge in [-0.05, 0) is 54.0 Å². The standard InChI is InChI=1S/C26H32F2N2/c1-15(2)17-12-20(27)23(21(28)13-17)25-24-19(18-9-7-8-10-22(18)29-24)11-16(3)30(25)14-26(4,5)6/h7-10,12-13,15-16,25,29H,11,14H2,1-6H3/t16-,25-/m1/s1. The summed E-state index contributed by atoms with van der Waals surface area (Å²) < 4.78 is 30.9. The van der Waals surface area contributed by atoms with Crippen LogP contribution in [0.1, 0.15) is 75.9 Å². The average molecular weight is 411 g/mol. The van der Waals surface area contributed by atoms with Gasteiger partial charge in [0.1, 0.15) is 11.6 Å². The molecule has 0 unspecified atom stereocenters. The van der Waals surface area contributed by atoms with Crippen LogP contribution in [-0.4, -0.2) is 22.5 Å². The third-order valence-electron chi connectivity index (χ3n) is 6.22. The molecule has 2 aromatic carbocycles. The van der Waals surface area contributed by atoms with Gasteiger partial charge < -0.3 is 4.98 Å². The van der Waals surface area contributed by atoms with E-state index in [9.17, 15) is 0 Å². The van der Waals surface area contributed by atoms with Crippen molar-refractivity contribution in [2.75, 3.05) is 6.54 Å². The van der Waals surface area contributed by atoms with E-state index in [0.29, 0.717) is 5.56 Å². The zero-order chi connectivity index (χ0) is 21.8. The predicted octanol–water partition coefficient (Wildman–Crippen LogP) is 6.95. The van der Waals surface area contributed by atoms with Gasteiger partial charge in [-0.2, -0.15) is 0 Å². The van der Waals surface area contributed by atoms with Gasteiger partial charge in [0, 0.05) is 34.7 Å². The molecule has 1 aromatic heterocycles. The molecule has 4 heteroatoms. The fraction of sp³-hybridized carbons (Fsp3) is 0.462. The van der Waals surface area contributed by atoms with Gasteiger partial charge in [0.2, 0.25) is 0 Å². The van der Waals surface area contributed by atoms with E-state index in [2.05, 4.69) is 43.6 Å². The summed E-state index contributed by atoms with van der Waals surface area (Å²) in [7, 11) is 0. The molecule has 0 saturated carbocycles. The first-order valence-corrected chi connectivity index (χ1v) is 10.9. The van der Waals surface area contributed by atoms with E-state index < -0.39 is 17.7 Å². The number of nitrogens with zero attached hydrogens (tertiary/aromatic N) is 1. The second kappa shape index (κ2) is 7.49. The lowest BCUT2D eigenvalue weighted by atomic mass is 9.84. The molecule has 3 aromatic rings. The number of aromatic amines is 1. The van der Waals surface area contributed by atoms with Crippen LogP contribution in [0, 0.1) is 17.0 Å². The Labute approximate surface area is 178 Å². The molecular formula is C26H32F2N2. The highest BCUT2D eigenvalue weighted by Crippen LogP contribution is 2.43. The number of fused-ring (bicyclic) bond motifs is 3. The lowest BCUT2D eigenvalue weighted by molar-refractivity contribution is 0.0965. The van der Waals surface area contributed by atoms with Crippen molar-refractivity contribution in [1.29, 1.82) is 0 Å². The van der Waals surface area contributed by atoms with E-state index in [1.54, 1.807) is 0 Å². The molecule has 2 nitrogen and oxygen atoms in total. The summed E-state index contributed by atoms with van der Waals surface area (Å²) in [4.78, 5) is 5.79. The number of para-hydroxylation sites is 1. The van der Waals surface area contributed by atoms with Crippen LogP contribution in [0.15, 0.2) is 36.4 Å². The SMILES string of the molecule is CC(C)c1cc(F)c([C@@H]2c3[nH]c4ccccc4c3C[C@@H](C)N2CC(C)(C)C)c(F)c1. The first kappa shape index (κ1) is 21.0. The number of rotatable bonds is 3. The number of H-pyrrole nitrogens is 1. The number of halogens is 2. The van der Waals surface area contributed by atoms with Crippen molar-refractivity contribution in [2.24, 2.45) is 5.41 Å². The van der Waals surface area contributed by atoms with Crippen LogP contribution in [0.5, 0.6) is 0 Å².